The zero-order valence-corrected chi connectivity index (χ0v) is 22.4. The quantitative estimate of drug-likeness (QED) is 0.104. The molecule has 4 rings (SSSR count). The molecule has 16 heteroatoms. The van der Waals surface area contributed by atoms with Gasteiger partial charge in [0.2, 0.25) is 11.5 Å². The van der Waals surface area contributed by atoms with Gasteiger partial charge in [-0.05, 0) is 32.1 Å². The molecule has 2 aliphatic heterocycles. The van der Waals surface area contributed by atoms with Crippen molar-refractivity contribution in [1.29, 1.82) is 0 Å². The summed E-state index contributed by atoms with van der Waals surface area (Å²) in [4.78, 5) is 65.0. The molecule has 2 aromatic heterocycles. The minimum atomic E-state index is -1.75. The maximum absolute atomic E-state index is 13.5. The summed E-state index contributed by atoms with van der Waals surface area (Å²) in [5.41, 5.74) is 3.59. The average Bonchev–Trinajstić information content (AvgIpc) is 3.29. The first-order valence-corrected chi connectivity index (χ1v) is 13.8. The van der Waals surface area contributed by atoms with Gasteiger partial charge < -0.3 is 26.1 Å². The van der Waals surface area contributed by atoms with Crippen LogP contribution < -0.4 is 11.1 Å². The van der Waals surface area contributed by atoms with Crippen molar-refractivity contribution in [2.24, 2.45) is 11.1 Å². The number of anilines is 1. The van der Waals surface area contributed by atoms with Crippen LogP contribution in [-0.4, -0.2) is 76.6 Å². The molecule has 1 unspecified atom stereocenters. The maximum Gasteiger partial charge on any atom is 0.352 e. The lowest BCUT2D eigenvalue weighted by atomic mass is 9.96. The molecule has 38 heavy (non-hydrogen) atoms. The van der Waals surface area contributed by atoms with E-state index in [1.54, 1.807) is 24.5 Å². The lowest BCUT2D eigenvalue weighted by Crippen LogP contribution is -2.66. The van der Waals surface area contributed by atoms with Gasteiger partial charge in [0.15, 0.2) is 10.8 Å². The van der Waals surface area contributed by atoms with Gasteiger partial charge in [-0.1, -0.05) is 16.9 Å². The van der Waals surface area contributed by atoms with Crippen molar-refractivity contribution >= 4 is 69.5 Å². The molecule has 0 saturated carbocycles. The fourth-order valence-electron chi connectivity index (χ4n) is 3.47. The molecule has 0 aliphatic carbocycles. The average molecular weight is 579 g/mol. The number of hydrogen-bond acceptors (Lipinski definition) is 12. The summed E-state index contributed by atoms with van der Waals surface area (Å²) < 4.78 is 0. The number of hydrogen-bond donors (Lipinski definition) is 4. The molecule has 0 aromatic carbocycles. The van der Waals surface area contributed by atoms with Gasteiger partial charge in [-0.3, -0.25) is 19.5 Å². The van der Waals surface area contributed by atoms with Gasteiger partial charge in [-0.25, -0.2) is 14.6 Å². The Bertz CT molecular complexity index is 1330. The Balaban J connectivity index is 1.65. The van der Waals surface area contributed by atoms with E-state index in [-0.39, 0.29) is 22.2 Å². The molecule has 0 bridgehead atoms. The number of thioether (sulfide) groups is 2. The van der Waals surface area contributed by atoms with Crippen molar-refractivity contribution in [2.45, 2.75) is 35.1 Å². The van der Waals surface area contributed by atoms with Crippen LogP contribution in [0.25, 0.3) is 0 Å². The number of oxime groups is 1. The summed E-state index contributed by atoms with van der Waals surface area (Å²) in [7, 11) is 0. The van der Waals surface area contributed by atoms with Crippen LogP contribution in [0.3, 0.4) is 0 Å². The number of pyridine rings is 1. The van der Waals surface area contributed by atoms with Gasteiger partial charge in [0, 0.05) is 28.4 Å². The molecule has 0 spiro atoms. The summed E-state index contributed by atoms with van der Waals surface area (Å²) in [6.07, 6.45) is 4.61. The van der Waals surface area contributed by atoms with Gasteiger partial charge >= 0.3 is 11.9 Å². The zero-order valence-electron chi connectivity index (χ0n) is 19.9. The second-order valence-electron chi connectivity index (χ2n) is 8.47. The van der Waals surface area contributed by atoms with Crippen LogP contribution in [0.15, 0.2) is 51.7 Å². The van der Waals surface area contributed by atoms with Crippen LogP contribution in [0.2, 0.25) is 0 Å². The number of carboxylic acids is 2. The lowest BCUT2D eigenvalue weighted by molar-refractivity contribution is -0.161. The highest BCUT2D eigenvalue weighted by Gasteiger charge is 2.56. The first kappa shape index (κ1) is 27.4. The standard InChI is InChI=1S/C22H22N6O7S3/c1-22(2,20(33)34)35-27-14(11-9-37-21(23)25-11)15(29)26-16(38-10-4-3-6-24-8-10)13-17(30)28-12(19(31)32)5-7-36-18(13)28/h3-6,8-9,13,16,18H,7H2,1-2H3,(H2,23,25)(H,26,29)(H,31,32)(H,33,34)/t13-,16?,18-/m0/s1. The minimum absolute atomic E-state index is 0.0565. The number of rotatable bonds is 10. The van der Waals surface area contributed by atoms with Crippen LogP contribution in [0.1, 0.15) is 19.5 Å². The summed E-state index contributed by atoms with van der Waals surface area (Å²) in [6.45, 7) is 2.53. The van der Waals surface area contributed by atoms with Crippen molar-refractivity contribution in [2.75, 3.05) is 11.5 Å². The van der Waals surface area contributed by atoms with Crippen LogP contribution in [0.4, 0.5) is 5.13 Å². The number of aliphatic carboxylic acids is 2. The number of thiazole rings is 1. The van der Waals surface area contributed by atoms with Gasteiger partial charge in [-0.2, -0.15) is 0 Å². The third kappa shape index (κ3) is 5.61. The van der Waals surface area contributed by atoms with E-state index < -0.39 is 46.0 Å². The summed E-state index contributed by atoms with van der Waals surface area (Å²) in [6, 6.07) is 3.45. The first-order valence-electron chi connectivity index (χ1n) is 11.0. The largest absolute Gasteiger partial charge is 0.478 e. The molecule has 4 heterocycles. The van der Waals surface area contributed by atoms with Crippen molar-refractivity contribution in [3.05, 3.63) is 47.4 Å². The predicted octanol–water partition coefficient (Wildman–Crippen LogP) is 1.44. The number of aromatic nitrogens is 2. The van der Waals surface area contributed by atoms with Gasteiger partial charge in [-0.15, -0.1) is 23.1 Å². The lowest BCUT2D eigenvalue weighted by Gasteiger charge is -2.50. The Morgan fingerprint density at radius 3 is 2.74 bits per heavy atom. The third-order valence-electron chi connectivity index (χ3n) is 5.46. The first-order chi connectivity index (χ1) is 18.0. The Morgan fingerprint density at radius 2 is 2.13 bits per heavy atom. The Kier molecular flexibility index (Phi) is 7.94. The topological polar surface area (TPSA) is 197 Å². The molecular formula is C22H22N6O7S3. The second kappa shape index (κ2) is 11.0. The fraction of sp³-hybridized carbons (Fsp3) is 0.318. The molecule has 2 amide bonds. The third-order valence-corrected chi connectivity index (χ3v) is 8.52. The number of nitrogens with two attached hydrogens (primary N) is 1. The number of amides is 2. The van der Waals surface area contributed by atoms with Crippen molar-refractivity contribution < 1.29 is 34.2 Å². The highest BCUT2D eigenvalue weighted by atomic mass is 32.2. The number of nitrogens with zero attached hydrogens (tertiary/aromatic N) is 4. The Labute approximate surface area is 228 Å². The number of carbonyl (C=O) groups excluding carboxylic acids is 2. The number of fused-ring (bicyclic) bond motifs is 1. The molecule has 13 nitrogen and oxygen atoms in total. The number of carboxylic acid groups (broad SMARTS) is 2. The molecule has 0 radical (unpaired) electrons. The van der Waals surface area contributed by atoms with E-state index in [0.717, 1.165) is 23.1 Å². The van der Waals surface area contributed by atoms with Crippen LogP contribution in [0, 0.1) is 5.92 Å². The van der Waals surface area contributed by atoms with Gasteiger partial charge in [0.25, 0.3) is 5.91 Å². The van der Waals surface area contributed by atoms with Gasteiger partial charge in [0.05, 0.1) is 16.7 Å². The maximum atomic E-state index is 13.5. The summed E-state index contributed by atoms with van der Waals surface area (Å²) in [5, 5.41) is 25.7. The zero-order chi connectivity index (χ0) is 27.6. The summed E-state index contributed by atoms with van der Waals surface area (Å²) >= 11 is 3.58. The van der Waals surface area contributed by atoms with Gasteiger partial charge in [0.1, 0.15) is 11.4 Å². The molecular weight excluding hydrogens is 556 g/mol. The van der Waals surface area contributed by atoms with Crippen LogP contribution in [0.5, 0.6) is 0 Å². The Morgan fingerprint density at radius 1 is 1.37 bits per heavy atom. The normalized spacial score (nSPS) is 20.1. The molecule has 3 atom stereocenters. The van der Waals surface area contributed by atoms with Crippen LogP contribution >= 0.6 is 34.9 Å². The van der Waals surface area contributed by atoms with E-state index in [2.05, 4.69) is 20.4 Å². The van der Waals surface area contributed by atoms with E-state index in [1.165, 1.54) is 42.0 Å². The van der Waals surface area contributed by atoms with Crippen molar-refractivity contribution in [3.8, 4) is 0 Å². The molecule has 2 aliphatic rings. The number of nitrogen functional groups attached to an aromatic ring is 1. The predicted molar refractivity (Wildman–Crippen MR) is 140 cm³/mol. The van der Waals surface area contributed by atoms with E-state index >= 15 is 0 Å². The number of β-lactam (4-membered cyclic amide) rings is 1. The SMILES string of the molecule is CC(C)(ON=C(C(=O)NC(Sc1cccnc1)[C@H]1C(=O)N2C(C(=O)O)=CCS[C@@H]12)c1csc(N)n1)C(=O)O. The highest BCUT2D eigenvalue weighted by Crippen LogP contribution is 2.46. The number of nitrogens with one attached hydrogen (secondary N) is 1. The monoisotopic (exact) mass is 578 g/mol. The summed E-state index contributed by atoms with van der Waals surface area (Å²) in [5.74, 6) is -4.17. The van der Waals surface area contributed by atoms with E-state index in [0.29, 0.717) is 10.6 Å². The Hall–Kier alpha value is -3.63. The second-order valence-corrected chi connectivity index (χ2v) is 11.7. The minimum Gasteiger partial charge on any atom is -0.478 e. The van der Waals surface area contributed by atoms with Crippen molar-refractivity contribution in [1.82, 2.24) is 20.2 Å². The molecule has 5 N–H and O–H groups in total. The van der Waals surface area contributed by atoms with Crippen molar-refractivity contribution in [3.63, 3.8) is 0 Å². The molecule has 2 aromatic rings. The molecule has 1 saturated heterocycles. The van der Waals surface area contributed by atoms with E-state index in [1.807, 2.05) is 0 Å². The highest BCUT2D eigenvalue weighted by molar-refractivity contribution is 8.01. The van der Waals surface area contributed by atoms with E-state index in [4.69, 9.17) is 10.6 Å². The smallest absolute Gasteiger partial charge is 0.352 e. The molecule has 200 valence electrons. The van der Waals surface area contributed by atoms with E-state index in [9.17, 15) is 29.4 Å². The number of carbonyl (C=O) groups is 4. The van der Waals surface area contributed by atoms with Crippen LogP contribution in [-0.2, 0) is 24.0 Å². The fourth-order valence-corrected chi connectivity index (χ4v) is 6.56. The molecule has 1 fully saturated rings.